The average molecular weight is 374 g/mol. The molecule has 0 saturated carbocycles. The minimum atomic E-state index is -0.673. The van der Waals surface area contributed by atoms with Crippen LogP contribution >= 0.6 is 0 Å². The van der Waals surface area contributed by atoms with E-state index in [0.29, 0.717) is 11.3 Å². The molecule has 2 aromatic carbocycles. The van der Waals surface area contributed by atoms with Crippen molar-refractivity contribution in [1.29, 1.82) is 5.26 Å². The predicted molar refractivity (Wildman–Crippen MR) is 96.5 cm³/mol. The van der Waals surface area contributed by atoms with Crippen molar-refractivity contribution in [1.82, 2.24) is 10.2 Å². The Kier molecular flexibility index (Phi) is 4.40. The number of rotatable bonds is 4. The van der Waals surface area contributed by atoms with Crippen molar-refractivity contribution >= 4 is 11.6 Å². The van der Waals surface area contributed by atoms with Crippen molar-refractivity contribution in [3.63, 3.8) is 0 Å². The van der Waals surface area contributed by atoms with Crippen LogP contribution in [0.15, 0.2) is 69.7 Å². The zero-order chi connectivity index (χ0) is 19.5. The van der Waals surface area contributed by atoms with Gasteiger partial charge in [0.05, 0.1) is 23.1 Å². The van der Waals surface area contributed by atoms with Gasteiger partial charge in [0.2, 0.25) is 5.89 Å². The molecule has 2 aromatic heterocycles. The molecule has 136 valence electrons. The minimum absolute atomic E-state index is 0.130. The van der Waals surface area contributed by atoms with Gasteiger partial charge in [0, 0.05) is 5.56 Å². The van der Waals surface area contributed by atoms with Gasteiger partial charge in [-0.05, 0) is 42.5 Å². The Balaban J connectivity index is 1.66. The average Bonchev–Trinajstić information content (AvgIpc) is 3.40. The van der Waals surface area contributed by atoms with E-state index < -0.39 is 11.7 Å². The lowest BCUT2D eigenvalue weighted by atomic mass is 10.1. The zero-order valence-electron chi connectivity index (χ0n) is 14.2. The number of nitriles is 1. The normalized spacial score (nSPS) is 10.4. The zero-order valence-corrected chi connectivity index (χ0v) is 14.2. The van der Waals surface area contributed by atoms with Crippen molar-refractivity contribution < 1.29 is 18.0 Å². The Morgan fingerprint density at radius 3 is 2.64 bits per heavy atom. The van der Waals surface area contributed by atoms with Crippen LogP contribution in [0.1, 0.15) is 15.9 Å². The van der Waals surface area contributed by atoms with E-state index in [4.69, 9.17) is 8.83 Å². The number of hydrogen-bond acceptors (Lipinski definition) is 6. The third kappa shape index (κ3) is 3.24. The summed E-state index contributed by atoms with van der Waals surface area (Å²) < 4.78 is 24.6. The Morgan fingerprint density at radius 2 is 1.89 bits per heavy atom. The fraction of sp³-hybridized carbons (Fsp3) is 0. The highest BCUT2D eigenvalue weighted by Crippen LogP contribution is 2.28. The first kappa shape index (κ1) is 17.2. The monoisotopic (exact) mass is 374 g/mol. The van der Waals surface area contributed by atoms with Gasteiger partial charge in [0.1, 0.15) is 11.9 Å². The van der Waals surface area contributed by atoms with Gasteiger partial charge in [-0.2, -0.15) is 5.26 Å². The van der Waals surface area contributed by atoms with E-state index in [1.54, 1.807) is 24.3 Å². The smallest absolute Gasteiger partial charge is 0.283 e. The van der Waals surface area contributed by atoms with E-state index >= 15 is 0 Å². The van der Waals surface area contributed by atoms with Gasteiger partial charge in [-0.3, -0.25) is 4.79 Å². The van der Waals surface area contributed by atoms with Crippen LogP contribution in [-0.4, -0.2) is 16.1 Å². The van der Waals surface area contributed by atoms with Crippen LogP contribution in [-0.2, 0) is 0 Å². The fourth-order valence-corrected chi connectivity index (χ4v) is 2.55. The summed E-state index contributed by atoms with van der Waals surface area (Å²) in [6.07, 6.45) is 1.48. The summed E-state index contributed by atoms with van der Waals surface area (Å²) in [5, 5.41) is 19.7. The maximum Gasteiger partial charge on any atom is 0.283 e. The molecule has 8 heteroatoms. The Hall–Kier alpha value is -4.25. The molecule has 0 radical (unpaired) electrons. The second-order valence-electron chi connectivity index (χ2n) is 5.70. The molecule has 4 rings (SSSR count). The Bertz CT molecular complexity index is 1190. The van der Waals surface area contributed by atoms with Crippen molar-refractivity contribution in [3.05, 3.63) is 77.8 Å². The van der Waals surface area contributed by atoms with E-state index in [1.165, 1.54) is 36.6 Å². The first-order chi connectivity index (χ1) is 13.7. The lowest BCUT2D eigenvalue weighted by Gasteiger charge is -2.09. The molecule has 0 atom stereocenters. The molecule has 28 heavy (non-hydrogen) atoms. The van der Waals surface area contributed by atoms with Crippen molar-refractivity contribution in [2.75, 3.05) is 5.32 Å². The van der Waals surface area contributed by atoms with Gasteiger partial charge in [0.25, 0.3) is 11.8 Å². The summed E-state index contributed by atoms with van der Waals surface area (Å²) in [5.41, 5.74) is 0.757. The number of aromatic nitrogens is 2. The lowest BCUT2D eigenvalue weighted by Crippen LogP contribution is -2.14. The largest absolute Gasteiger partial charge is 0.459 e. The molecule has 4 aromatic rings. The summed E-state index contributed by atoms with van der Waals surface area (Å²) in [7, 11) is 0. The first-order valence-corrected chi connectivity index (χ1v) is 8.13. The molecular weight excluding hydrogens is 363 g/mol. The van der Waals surface area contributed by atoms with Crippen LogP contribution in [0, 0.1) is 17.1 Å². The van der Waals surface area contributed by atoms with E-state index in [2.05, 4.69) is 15.5 Å². The van der Waals surface area contributed by atoms with Crippen LogP contribution in [0.2, 0.25) is 0 Å². The molecule has 0 unspecified atom stereocenters. The predicted octanol–water partition coefficient (Wildman–Crippen LogP) is 4.26. The Morgan fingerprint density at radius 1 is 1.07 bits per heavy atom. The van der Waals surface area contributed by atoms with Crippen LogP contribution in [0.4, 0.5) is 10.1 Å². The van der Waals surface area contributed by atoms with Crippen molar-refractivity contribution in [3.8, 4) is 29.2 Å². The van der Waals surface area contributed by atoms with Crippen LogP contribution < -0.4 is 5.32 Å². The third-order valence-corrected chi connectivity index (χ3v) is 3.91. The second kappa shape index (κ2) is 7.17. The second-order valence-corrected chi connectivity index (χ2v) is 5.70. The fourth-order valence-electron chi connectivity index (χ4n) is 2.55. The van der Waals surface area contributed by atoms with Gasteiger partial charge in [-0.25, -0.2) is 4.39 Å². The molecule has 0 saturated heterocycles. The highest BCUT2D eigenvalue weighted by atomic mass is 19.1. The SMILES string of the molecule is N#Cc1ccc(-c2nnc(-c3ccco3)o2)cc1NC(=O)c1ccccc1F. The van der Waals surface area contributed by atoms with E-state index in [0.717, 1.165) is 0 Å². The number of halogens is 1. The number of hydrogen-bond donors (Lipinski definition) is 1. The van der Waals surface area contributed by atoms with E-state index in [1.807, 2.05) is 6.07 Å². The number of nitrogens with one attached hydrogen (secondary N) is 1. The number of anilines is 1. The summed E-state index contributed by atoms with van der Waals surface area (Å²) in [6.45, 7) is 0. The maximum absolute atomic E-state index is 13.8. The summed E-state index contributed by atoms with van der Waals surface area (Å²) in [4.78, 5) is 12.4. The summed E-state index contributed by atoms with van der Waals surface area (Å²) in [6, 6.07) is 15.5. The molecule has 7 nitrogen and oxygen atoms in total. The Labute approximate surface area is 158 Å². The van der Waals surface area contributed by atoms with Gasteiger partial charge in [-0.1, -0.05) is 12.1 Å². The van der Waals surface area contributed by atoms with Gasteiger partial charge < -0.3 is 14.2 Å². The van der Waals surface area contributed by atoms with E-state index in [-0.39, 0.29) is 28.6 Å². The number of amides is 1. The number of carbonyl (C=O) groups is 1. The molecule has 0 aliphatic rings. The van der Waals surface area contributed by atoms with Crippen LogP contribution in [0.25, 0.3) is 23.1 Å². The van der Waals surface area contributed by atoms with Crippen LogP contribution in [0.3, 0.4) is 0 Å². The van der Waals surface area contributed by atoms with Crippen molar-refractivity contribution in [2.45, 2.75) is 0 Å². The van der Waals surface area contributed by atoms with Gasteiger partial charge >= 0.3 is 0 Å². The quantitative estimate of drug-likeness (QED) is 0.572. The highest BCUT2D eigenvalue weighted by molar-refractivity contribution is 6.05. The molecule has 0 bridgehead atoms. The summed E-state index contributed by atoms with van der Waals surface area (Å²) >= 11 is 0. The van der Waals surface area contributed by atoms with E-state index in [9.17, 15) is 14.4 Å². The molecule has 0 aliphatic carbocycles. The number of carbonyl (C=O) groups excluding carboxylic acids is 1. The molecule has 1 amide bonds. The molecule has 0 spiro atoms. The topological polar surface area (TPSA) is 105 Å². The number of benzene rings is 2. The molecule has 0 aliphatic heterocycles. The van der Waals surface area contributed by atoms with Crippen molar-refractivity contribution in [2.24, 2.45) is 0 Å². The molecule has 0 fully saturated rings. The summed E-state index contributed by atoms with van der Waals surface area (Å²) in [5.74, 6) is -0.540. The number of furan rings is 1. The lowest BCUT2D eigenvalue weighted by molar-refractivity contribution is 0.102. The molecular formula is C20H11FN4O3. The molecule has 1 N–H and O–H groups in total. The van der Waals surface area contributed by atoms with Gasteiger partial charge in [0.15, 0.2) is 5.76 Å². The van der Waals surface area contributed by atoms with Crippen LogP contribution in [0.5, 0.6) is 0 Å². The standard InChI is InChI=1S/C20H11FN4O3/c21-15-5-2-1-4-14(15)18(26)23-16-10-12(7-8-13(16)11-22)19-24-25-20(28-19)17-6-3-9-27-17/h1-10H,(H,23,26). The van der Waals surface area contributed by atoms with Gasteiger partial charge in [-0.15, -0.1) is 10.2 Å². The highest BCUT2D eigenvalue weighted by Gasteiger charge is 2.17. The third-order valence-electron chi connectivity index (χ3n) is 3.91. The first-order valence-electron chi connectivity index (χ1n) is 8.13. The maximum atomic E-state index is 13.8. The minimum Gasteiger partial charge on any atom is -0.459 e. The molecule has 2 heterocycles. The number of nitrogens with zero attached hydrogens (tertiary/aromatic N) is 3.